The Hall–Kier alpha value is -5.78. The van der Waals surface area contributed by atoms with Gasteiger partial charge in [0.25, 0.3) is 17.7 Å². The molecular weight excluding hydrogens is 646 g/mol. The second-order valence-electron chi connectivity index (χ2n) is 13.8. The van der Waals surface area contributed by atoms with Crippen LogP contribution in [-0.2, 0) is 4.79 Å². The third-order valence-electron chi connectivity index (χ3n) is 10.6. The van der Waals surface area contributed by atoms with Crippen LogP contribution in [0.1, 0.15) is 99.1 Å². The molecule has 3 N–H and O–H groups in total. The maximum absolute atomic E-state index is 13.4. The Labute approximate surface area is 295 Å². The van der Waals surface area contributed by atoms with Gasteiger partial charge in [-0.15, -0.1) is 0 Å². The molecule has 2 aromatic heterocycles. The van der Waals surface area contributed by atoms with Gasteiger partial charge in [0.2, 0.25) is 11.8 Å². The molecule has 1 aliphatic carbocycles. The van der Waals surface area contributed by atoms with Crippen molar-refractivity contribution in [3.05, 3.63) is 113 Å². The average Bonchev–Trinajstić information content (AvgIpc) is 3.87. The lowest BCUT2D eigenvalue weighted by Crippen LogP contribution is -2.51. The molecule has 12 nitrogen and oxygen atoms in total. The summed E-state index contributed by atoms with van der Waals surface area (Å²) in [4.78, 5) is 59.8. The van der Waals surface area contributed by atoms with E-state index in [1.807, 2.05) is 60.7 Å². The molecule has 4 aliphatic rings. The molecule has 12 heteroatoms. The molecule has 260 valence electrons. The highest BCUT2D eigenvalue weighted by Gasteiger charge is 2.44. The van der Waals surface area contributed by atoms with Crippen molar-refractivity contribution in [3.8, 4) is 5.88 Å². The summed E-state index contributed by atoms with van der Waals surface area (Å²) in [6.07, 6.45) is 7.24. The van der Waals surface area contributed by atoms with Crippen molar-refractivity contribution in [1.82, 2.24) is 25.4 Å². The topological polar surface area (TPSA) is 150 Å². The first kappa shape index (κ1) is 32.4. The van der Waals surface area contributed by atoms with E-state index in [1.165, 1.54) is 0 Å². The van der Waals surface area contributed by atoms with Gasteiger partial charge in [-0.25, -0.2) is 4.98 Å². The Morgan fingerprint density at radius 2 is 1.69 bits per heavy atom. The van der Waals surface area contributed by atoms with Crippen LogP contribution < -0.4 is 20.3 Å². The first-order chi connectivity index (χ1) is 24.8. The van der Waals surface area contributed by atoms with E-state index in [0.717, 1.165) is 67.0 Å². The number of anilines is 2. The summed E-state index contributed by atoms with van der Waals surface area (Å²) in [5.74, 6) is 0.225. The Morgan fingerprint density at radius 1 is 0.882 bits per heavy atom. The smallest absolute Gasteiger partial charge is 0.262 e. The molecule has 3 aliphatic heterocycles. The Morgan fingerprint density at radius 3 is 2.45 bits per heavy atom. The number of carbonyl (C=O) groups is 4. The minimum atomic E-state index is -0.819. The molecule has 4 amide bonds. The predicted octanol–water partition coefficient (Wildman–Crippen LogP) is 5.54. The summed E-state index contributed by atoms with van der Waals surface area (Å²) in [5, 5.41) is 13.0. The molecule has 5 heterocycles. The number of piperidine rings is 2. The molecule has 0 spiro atoms. The van der Waals surface area contributed by atoms with Gasteiger partial charge < -0.3 is 20.3 Å². The van der Waals surface area contributed by atoms with Gasteiger partial charge in [-0.2, -0.15) is 5.10 Å². The molecule has 51 heavy (non-hydrogen) atoms. The maximum Gasteiger partial charge on any atom is 0.262 e. The Bertz CT molecular complexity index is 2000. The van der Waals surface area contributed by atoms with Gasteiger partial charge in [0, 0.05) is 60.0 Å². The number of imide groups is 1. The van der Waals surface area contributed by atoms with E-state index in [0.29, 0.717) is 46.9 Å². The number of allylic oxidation sites excluding steroid dienone is 1. The number of nitrogens with zero attached hydrogens (tertiary/aromatic N) is 4. The number of pyridine rings is 1. The first-order valence-electron chi connectivity index (χ1n) is 17.6. The number of hydrogen-bond acceptors (Lipinski definition) is 8. The molecule has 1 saturated carbocycles. The third kappa shape index (κ3) is 6.49. The van der Waals surface area contributed by atoms with E-state index >= 15 is 0 Å². The second kappa shape index (κ2) is 13.5. The van der Waals surface area contributed by atoms with Crippen molar-refractivity contribution < 1.29 is 23.9 Å². The van der Waals surface area contributed by atoms with E-state index in [1.54, 1.807) is 12.3 Å². The fraction of sp³-hybridized carbons (Fsp3) is 0.333. The zero-order valence-corrected chi connectivity index (χ0v) is 28.1. The van der Waals surface area contributed by atoms with Crippen LogP contribution in [0.3, 0.4) is 0 Å². The number of nitrogens with one attached hydrogen (secondary N) is 3. The summed E-state index contributed by atoms with van der Waals surface area (Å²) in [6.45, 7) is 5.41. The number of aromatic amines is 1. The van der Waals surface area contributed by atoms with Crippen LogP contribution in [0.2, 0.25) is 0 Å². The number of benzene rings is 2. The SMILES string of the molecule is C=C1CCC(N2C(=O)c3ccc(C4CCN(c5ccc(C(=O)Nc6cc([C@H]7CC[C@@H](Oc8ccccn8)C7)[nH]n6)cc5)CC4)cc3C2=O)C(=O)N1. The van der Waals surface area contributed by atoms with Crippen LogP contribution in [-0.4, -0.2) is 68.9 Å². The van der Waals surface area contributed by atoms with E-state index in [-0.39, 0.29) is 29.8 Å². The molecular formula is C39H39N7O5. The number of ether oxygens (including phenoxy) is 1. The predicted molar refractivity (Wildman–Crippen MR) is 190 cm³/mol. The summed E-state index contributed by atoms with van der Waals surface area (Å²) >= 11 is 0. The standard InChI is InChI=1S/C39H39N7O5/c1-23-5-14-33(37(48)41-23)46-38(49)30-13-9-26(21-31(30)39(46)50)24-15-18-45(19-16-24)28-10-6-25(7-11-28)36(47)42-34-22-32(43-44-34)27-8-12-29(20-27)51-35-4-2-3-17-40-35/h2-4,6-7,9-11,13,17,21-22,24,27,29,33H,1,5,8,12,14-16,18-20H2,(H,41,48)(H2,42,43,44,47)/t27-,29+,33?/m0/s1. The normalized spacial score (nSPS) is 22.2. The van der Waals surface area contributed by atoms with Crippen LogP contribution in [0.25, 0.3) is 0 Å². The highest BCUT2D eigenvalue weighted by molar-refractivity contribution is 6.23. The molecule has 8 rings (SSSR count). The molecule has 3 fully saturated rings. The number of aromatic nitrogens is 3. The number of hydrogen-bond donors (Lipinski definition) is 3. The zero-order valence-electron chi connectivity index (χ0n) is 28.1. The van der Waals surface area contributed by atoms with Gasteiger partial charge in [0.15, 0.2) is 5.82 Å². The lowest BCUT2D eigenvalue weighted by molar-refractivity contribution is -0.125. The van der Waals surface area contributed by atoms with Crippen LogP contribution in [0.15, 0.2) is 85.2 Å². The monoisotopic (exact) mass is 685 g/mol. The number of carbonyl (C=O) groups excluding carboxylic acids is 4. The molecule has 2 saturated heterocycles. The number of fused-ring (bicyclic) bond motifs is 1. The third-order valence-corrected chi connectivity index (χ3v) is 10.6. The highest BCUT2D eigenvalue weighted by Crippen LogP contribution is 2.37. The largest absolute Gasteiger partial charge is 0.474 e. The van der Waals surface area contributed by atoms with E-state index in [9.17, 15) is 19.2 Å². The number of amides is 4. The van der Waals surface area contributed by atoms with E-state index in [4.69, 9.17) is 4.74 Å². The summed E-state index contributed by atoms with van der Waals surface area (Å²) in [7, 11) is 0. The van der Waals surface area contributed by atoms with Crippen molar-refractivity contribution in [2.75, 3.05) is 23.3 Å². The van der Waals surface area contributed by atoms with Gasteiger partial charge in [-0.05, 0) is 98.9 Å². The van der Waals surface area contributed by atoms with Crippen molar-refractivity contribution in [3.63, 3.8) is 0 Å². The van der Waals surface area contributed by atoms with E-state index in [2.05, 4.69) is 37.3 Å². The van der Waals surface area contributed by atoms with Crippen molar-refractivity contribution in [2.45, 2.75) is 68.9 Å². The Balaban J connectivity index is 0.838. The number of rotatable bonds is 8. The van der Waals surface area contributed by atoms with Crippen LogP contribution >= 0.6 is 0 Å². The van der Waals surface area contributed by atoms with Crippen molar-refractivity contribution >= 4 is 35.1 Å². The Kier molecular flexibility index (Phi) is 8.58. The van der Waals surface area contributed by atoms with Gasteiger partial charge in [-0.1, -0.05) is 18.7 Å². The second-order valence-corrected chi connectivity index (χ2v) is 13.8. The fourth-order valence-electron chi connectivity index (χ4n) is 7.83. The fourth-order valence-corrected chi connectivity index (χ4v) is 7.83. The molecule has 4 aromatic rings. The van der Waals surface area contributed by atoms with Gasteiger partial charge >= 0.3 is 0 Å². The van der Waals surface area contributed by atoms with Gasteiger partial charge in [0.1, 0.15) is 12.1 Å². The lowest BCUT2D eigenvalue weighted by atomic mass is 9.87. The molecule has 2 aromatic carbocycles. The summed E-state index contributed by atoms with van der Waals surface area (Å²) in [6, 6.07) is 19.8. The highest BCUT2D eigenvalue weighted by atomic mass is 16.5. The molecule has 0 radical (unpaired) electrons. The number of H-pyrrole nitrogens is 1. The van der Waals surface area contributed by atoms with Crippen LogP contribution in [0.4, 0.5) is 11.5 Å². The van der Waals surface area contributed by atoms with Gasteiger partial charge in [-0.3, -0.25) is 29.2 Å². The molecule has 3 atom stereocenters. The lowest BCUT2D eigenvalue weighted by Gasteiger charge is -2.34. The minimum absolute atomic E-state index is 0.0959. The van der Waals surface area contributed by atoms with Crippen LogP contribution in [0.5, 0.6) is 5.88 Å². The van der Waals surface area contributed by atoms with Gasteiger partial charge in [0.05, 0.1) is 11.1 Å². The first-order valence-corrected chi connectivity index (χ1v) is 17.6. The van der Waals surface area contributed by atoms with Crippen LogP contribution in [0, 0.1) is 0 Å². The summed E-state index contributed by atoms with van der Waals surface area (Å²) < 4.78 is 6.03. The zero-order chi connectivity index (χ0) is 35.1. The molecule has 1 unspecified atom stereocenters. The maximum atomic E-state index is 13.4. The average molecular weight is 686 g/mol. The van der Waals surface area contributed by atoms with Crippen molar-refractivity contribution in [2.24, 2.45) is 0 Å². The molecule has 0 bridgehead atoms. The van der Waals surface area contributed by atoms with Crippen molar-refractivity contribution in [1.29, 1.82) is 0 Å². The minimum Gasteiger partial charge on any atom is -0.474 e. The summed E-state index contributed by atoms with van der Waals surface area (Å²) in [5.41, 5.74) is 4.92. The van der Waals surface area contributed by atoms with E-state index < -0.39 is 17.9 Å². The quantitative estimate of drug-likeness (QED) is 0.205.